The molecule has 0 aromatic heterocycles. The number of aromatic carboxylic acids is 1. The zero-order chi connectivity index (χ0) is 13.2. The lowest BCUT2D eigenvalue weighted by Gasteiger charge is -2.15. The quantitative estimate of drug-likeness (QED) is 0.895. The Hall–Kier alpha value is -1.92. The van der Waals surface area contributed by atoms with Gasteiger partial charge in [0.05, 0.1) is 14.2 Å². The number of carboxylic acid groups (broad SMARTS) is 1. The fraction of sp³-hybridized carbons (Fsp3) is 0.300. The molecule has 17 heavy (non-hydrogen) atoms. The Balaban J connectivity index is 3.56. The van der Waals surface area contributed by atoms with Crippen LogP contribution in [-0.4, -0.2) is 25.3 Å². The molecule has 1 aromatic carbocycles. The molecular weight excluding hydrogens is 241 g/mol. The third kappa shape index (κ3) is 2.61. The van der Waals surface area contributed by atoms with E-state index in [0.717, 1.165) is 20.3 Å². The van der Waals surface area contributed by atoms with Gasteiger partial charge in [0.2, 0.25) is 0 Å². The summed E-state index contributed by atoms with van der Waals surface area (Å²) in [5, 5.41) is 8.80. The van der Waals surface area contributed by atoms with Crippen LogP contribution >= 0.6 is 0 Å². The number of halogens is 3. The number of carboxylic acids is 1. The predicted octanol–water partition coefficient (Wildman–Crippen LogP) is 2.42. The van der Waals surface area contributed by atoms with E-state index in [-0.39, 0.29) is 5.75 Å². The largest absolute Gasteiger partial charge is 0.497 e. The molecule has 0 aliphatic carbocycles. The molecule has 0 amide bonds. The van der Waals surface area contributed by atoms with Crippen LogP contribution in [0.3, 0.4) is 0 Å². The molecule has 0 saturated carbocycles. The molecule has 7 heteroatoms. The highest BCUT2D eigenvalue weighted by Gasteiger charge is 2.37. The lowest BCUT2D eigenvalue weighted by atomic mass is 10.1. The Morgan fingerprint density at radius 3 is 2.18 bits per heavy atom. The lowest BCUT2D eigenvalue weighted by Crippen LogP contribution is -2.12. The van der Waals surface area contributed by atoms with Crippen LogP contribution in [-0.2, 0) is 6.18 Å². The van der Waals surface area contributed by atoms with E-state index >= 15 is 0 Å². The number of hydrogen-bond acceptors (Lipinski definition) is 3. The monoisotopic (exact) mass is 250 g/mol. The van der Waals surface area contributed by atoms with E-state index < -0.39 is 29.0 Å². The first-order valence-corrected chi connectivity index (χ1v) is 4.37. The number of ether oxygens (including phenoxy) is 2. The second kappa shape index (κ2) is 4.52. The molecular formula is C10H9F3O4. The zero-order valence-corrected chi connectivity index (χ0v) is 8.96. The minimum Gasteiger partial charge on any atom is -0.497 e. The molecule has 0 spiro atoms. The fourth-order valence-corrected chi connectivity index (χ4v) is 1.31. The van der Waals surface area contributed by atoms with Crippen LogP contribution in [0.2, 0.25) is 0 Å². The first-order valence-electron chi connectivity index (χ1n) is 4.37. The van der Waals surface area contributed by atoms with E-state index in [1.807, 2.05) is 0 Å². The van der Waals surface area contributed by atoms with Gasteiger partial charge in [0.25, 0.3) is 0 Å². The Bertz CT molecular complexity index is 440. The molecule has 1 rings (SSSR count). The van der Waals surface area contributed by atoms with Crippen molar-refractivity contribution in [3.63, 3.8) is 0 Å². The van der Waals surface area contributed by atoms with Crippen LogP contribution in [0.5, 0.6) is 11.5 Å². The maximum Gasteiger partial charge on any atom is 0.420 e. The molecule has 0 bridgehead atoms. The second-order valence-corrected chi connectivity index (χ2v) is 3.06. The molecule has 0 unspecified atom stereocenters. The van der Waals surface area contributed by atoms with Crippen molar-refractivity contribution >= 4 is 5.97 Å². The van der Waals surface area contributed by atoms with Gasteiger partial charge in [-0.1, -0.05) is 0 Å². The Labute approximate surface area is 94.6 Å². The molecule has 0 radical (unpaired) electrons. The predicted molar refractivity (Wildman–Crippen MR) is 51.5 cm³/mol. The minimum absolute atomic E-state index is 0.199. The highest BCUT2D eigenvalue weighted by atomic mass is 19.4. The van der Waals surface area contributed by atoms with E-state index in [0.29, 0.717) is 6.07 Å². The summed E-state index contributed by atoms with van der Waals surface area (Å²) in [4.78, 5) is 10.8. The number of carbonyl (C=O) groups is 1. The summed E-state index contributed by atoms with van der Waals surface area (Å²) in [7, 11) is 2.12. The van der Waals surface area contributed by atoms with Gasteiger partial charge in [0.15, 0.2) is 0 Å². The zero-order valence-electron chi connectivity index (χ0n) is 8.96. The van der Waals surface area contributed by atoms with Gasteiger partial charge in [-0.2, -0.15) is 13.2 Å². The lowest BCUT2D eigenvalue weighted by molar-refractivity contribution is -0.138. The Kier molecular flexibility index (Phi) is 3.50. The van der Waals surface area contributed by atoms with Crippen molar-refractivity contribution in [1.29, 1.82) is 0 Å². The highest BCUT2D eigenvalue weighted by molar-refractivity contribution is 5.92. The summed E-state index contributed by atoms with van der Waals surface area (Å²) >= 11 is 0. The standard InChI is InChI=1S/C10H9F3O4/c1-16-5-3-6(9(14)15)8(17-2)7(4-5)10(11,12)13/h3-4H,1-2H3,(H,14,15). The van der Waals surface area contributed by atoms with E-state index in [1.54, 1.807) is 0 Å². The molecule has 0 atom stereocenters. The van der Waals surface area contributed by atoms with Gasteiger partial charge in [0.1, 0.15) is 22.6 Å². The maximum absolute atomic E-state index is 12.7. The maximum atomic E-state index is 12.7. The van der Waals surface area contributed by atoms with Crippen molar-refractivity contribution in [3.05, 3.63) is 23.3 Å². The third-order valence-corrected chi connectivity index (χ3v) is 2.04. The smallest absolute Gasteiger partial charge is 0.420 e. The Morgan fingerprint density at radius 1 is 1.24 bits per heavy atom. The van der Waals surface area contributed by atoms with Gasteiger partial charge < -0.3 is 14.6 Å². The van der Waals surface area contributed by atoms with Crippen molar-refractivity contribution in [2.24, 2.45) is 0 Å². The molecule has 0 heterocycles. The molecule has 4 nitrogen and oxygen atoms in total. The van der Waals surface area contributed by atoms with E-state index in [1.165, 1.54) is 0 Å². The molecule has 0 fully saturated rings. The average Bonchev–Trinajstić information content (AvgIpc) is 2.25. The van der Waals surface area contributed by atoms with Crippen LogP contribution in [0.1, 0.15) is 15.9 Å². The van der Waals surface area contributed by atoms with Gasteiger partial charge in [-0.3, -0.25) is 0 Å². The van der Waals surface area contributed by atoms with Gasteiger partial charge >= 0.3 is 12.1 Å². The molecule has 0 aliphatic heterocycles. The average molecular weight is 250 g/mol. The molecule has 94 valence electrons. The van der Waals surface area contributed by atoms with Gasteiger partial charge in [-0.25, -0.2) is 4.79 Å². The van der Waals surface area contributed by atoms with Crippen molar-refractivity contribution in [2.45, 2.75) is 6.18 Å². The van der Waals surface area contributed by atoms with Crippen LogP contribution in [0.4, 0.5) is 13.2 Å². The number of benzene rings is 1. The summed E-state index contributed by atoms with van der Waals surface area (Å²) < 4.78 is 47.1. The van der Waals surface area contributed by atoms with Crippen molar-refractivity contribution in [2.75, 3.05) is 14.2 Å². The van der Waals surface area contributed by atoms with Crippen LogP contribution in [0.25, 0.3) is 0 Å². The van der Waals surface area contributed by atoms with Crippen LogP contribution in [0, 0.1) is 0 Å². The summed E-state index contributed by atoms with van der Waals surface area (Å²) in [6.45, 7) is 0. The first kappa shape index (κ1) is 13.1. The van der Waals surface area contributed by atoms with Crippen molar-refractivity contribution < 1.29 is 32.5 Å². The summed E-state index contributed by atoms with van der Waals surface area (Å²) in [6.07, 6.45) is -4.72. The van der Waals surface area contributed by atoms with Gasteiger partial charge in [-0.15, -0.1) is 0 Å². The van der Waals surface area contributed by atoms with Crippen molar-refractivity contribution in [1.82, 2.24) is 0 Å². The van der Waals surface area contributed by atoms with E-state index in [9.17, 15) is 18.0 Å². The topological polar surface area (TPSA) is 55.8 Å². The van der Waals surface area contributed by atoms with Crippen LogP contribution < -0.4 is 9.47 Å². The first-order chi connectivity index (χ1) is 7.81. The van der Waals surface area contributed by atoms with E-state index in [2.05, 4.69) is 9.47 Å². The third-order valence-electron chi connectivity index (χ3n) is 2.04. The Morgan fingerprint density at radius 2 is 1.82 bits per heavy atom. The normalized spacial score (nSPS) is 11.1. The van der Waals surface area contributed by atoms with E-state index in [4.69, 9.17) is 5.11 Å². The van der Waals surface area contributed by atoms with Crippen molar-refractivity contribution in [3.8, 4) is 11.5 Å². The number of alkyl halides is 3. The minimum atomic E-state index is -4.72. The summed E-state index contributed by atoms with van der Waals surface area (Å²) in [5.74, 6) is -2.45. The summed E-state index contributed by atoms with van der Waals surface area (Å²) in [5.41, 5.74) is -1.78. The molecule has 0 saturated heterocycles. The SMILES string of the molecule is COc1cc(C(=O)O)c(OC)c(C(F)(F)F)c1. The van der Waals surface area contributed by atoms with Crippen LogP contribution in [0.15, 0.2) is 12.1 Å². The fourth-order valence-electron chi connectivity index (χ4n) is 1.31. The number of hydrogen-bond donors (Lipinski definition) is 1. The number of rotatable bonds is 3. The van der Waals surface area contributed by atoms with Gasteiger partial charge in [0, 0.05) is 0 Å². The highest BCUT2D eigenvalue weighted by Crippen LogP contribution is 2.40. The number of methoxy groups -OCH3 is 2. The summed E-state index contributed by atoms with van der Waals surface area (Å²) in [6, 6.07) is 1.65. The molecule has 0 aliphatic rings. The second-order valence-electron chi connectivity index (χ2n) is 3.06. The molecule has 1 N–H and O–H groups in total. The van der Waals surface area contributed by atoms with Gasteiger partial charge in [-0.05, 0) is 12.1 Å². The molecule has 1 aromatic rings.